The van der Waals surface area contributed by atoms with Gasteiger partial charge in [0.25, 0.3) is 0 Å². The van der Waals surface area contributed by atoms with Crippen LogP contribution in [0, 0.1) is 0 Å². The summed E-state index contributed by atoms with van der Waals surface area (Å²) in [5, 5.41) is 7.47. The van der Waals surface area contributed by atoms with Crippen LogP contribution >= 0.6 is 0 Å². The molecule has 0 heterocycles. The van der Waals surface area contributed by atoms with E-state index in [0.29, 0.717) is 6.04 Å². The van der Waals surface area contributed by atoms with Gasteiger partial charge < -0.3 is 15.4 Å². The first kappa shape index (κ1) is 18.0. The molecular formula is C22H30N2O. The molecule has 0 unspecified atom stereocenters. The van der Waals surface area contributed by atoms with Crippen molar-refractivity contribution in [2.75, 3.05) is 13.7 Å². The Morgan fingerprint density at radius 1 is 1.00 bits per heavy atom. The molecule has 1 atom stereocenters. The average Bonchev–Trinajstić information content (AvgIpc) is 3.19. The number of hydrogen-bond acceptors (Lipinski definition) is 3. The van der Waals surface area contributed by atoms with Crippen LogP contribution in [-0.4, -0.2) is 19.7 Å². The predicted octanol–water partition coefficient (Wildman–Crippen LogP) is 4.45. The molecule has 3 nitrogen and oxygen atoms in total. The third kappa shape index (κ3) is 5.32. The normalized spacial score (nSPS) is 16.0. The summed E-state index contributed by atoms with van der Waals surface area (Å²) in [6.45, 7) is 1.87. The molecule has 0 aliphatic heterocycles. The zero-order valence-corrected chi connectivity index (χ0v) is 15.2. The monoisotopic (exact) mass is 338 g/mol. The van der Waals surface area contributed by atoms with E-state index in [0.717, 1.165) is 31.3 Å². The molecule has 0 aromatic heterocycles. The third-order valence-corrected chi connectivity index (χ3v) is 5.15. The lowest BCUT2D eigenvalue weighted by Gasteiger charge is -2.21. The fraction of sp³-hybridized carbons (Fsp3) is 0.455. The molecule has 1 fully saturated rings. The summed E-state index contributed by atoms with van der Waals surface area (Å²) in [4.78, 5) is 0. The van der Waals surface area contributed by atoms with Gasteiger partial charge in [0.2, 0.25) is 0 Å². The van der Waals surface area contributed by atoms with E-state index in [-0.39, 0.29) is 0 Å². The highest BCUT2D eigenvalue weighted by Crippen LogP contribution is 2.22. The molecule has 134 valence electrons. The first-order valence-corrected chi connectivity index (χ1v) is 9.50. The Morgan fingerprint density at radius 2 is 1.72 bits per heavy atom. The van der Waals surface area contributed by atoms with E-state index in [1.165, 1.54) is 36.8 Å². The van der Waals surface area contributed by atoms with Crippen LogP contribution in [0.15, 0.2) is 54.6 Å². The molecule has 0 saturated heterocycles. The van der Waals surface area contributed by atoms with E-state index in [4.69, 9.17) is 4.74 Å². The minimum atomic E-state index is 0.347. The number of methoxy groups -OCH3 is 1. The van der Waals surface area contributed by atoms with Gasteiger partial charge in [0.05, 0.1) is 7.11 Å². The van der Waals surface area contributed by atoms with Gasteiger partial charge in [-0.1, -0.05) is 61.4 Å². The van der Waals surface area contributed by atoms with Crippen molar-refractivity contribution in [2.45, 2.75) is 50.7 Å². The van der Waals surface area contributed by atoms with Crippen LogP contribution in [0.5, 0.6) is 5.75 Å². The zero-order chi connectivity index (χ0) is 17.3. The van der Waals surface area contributed by atoms with Crippen molar-refractivity contribution >= 4 is 0 Å². The van der Waals surface area contributed by atoms with Crippen molar-refractivity contribution < 1.29 is 4.74 Å². The molecule has 2 aromatic carbocycles. The van der Waals surface area contributed by atoms with Gasteiger partial charge >= 0.3 is 0 Å². The highest BCUT2D eigenvalue weighted by Gasteiger charge is 2.16. The van der Waals surface area contributed by atoms with E-state index < -0.39 is 0 Å². The lowest BCUT2D eigenvalue weighted by Crippen LogP contribution is -2.31. The molecule has 3 heteroatoms. The maximum Gasteiger partial charge on any atom is 0.123 e. The van der Waals surface area contributed by atoms with E-state index in [9.17, 15) is 0 Å². The summed E-state index contributed by atoms with van der Waals surface area (Å²) in [5.74, 6) is 0.950. The Hall–Kier alpha value is -1.84. The first-order chi connectivity index (χ1) is 12.4. The van der Waals surface area contributed by atoms with Crippen molar-refractivity contribution in [1.29, 1.82) is 0 Å². The summed E-state index contributed by atoms with van der Waals surface area (Å²) >= 11 is 0. The molecule has 0 bridgehead atoms. The van der Waals surface area contributed by atoms with Crippen LogP contribution in [0.3, 0.4) is 0 Å². The van der Waals surface area contributed by atoms with Crippen molar-refractivity contribution in [3.63, 3.8) is 0 Å². The Morgan fingerprint density at radius 3 is 2.48 bits per heavy atom. The third-order valence-electron chi connectivity index (χ3n) is 5.15. The summed E-state index contributed by atoms with van der Waals surface area (Å²) in [5.41, 5.74) is 2.56. The fourth-order valence-corrected chi connectivity index (χ4v) is 3.72. The fourth-order valence-electron chi connectivity index (χ4n) is 3.72. The van der Waals surface area contributed by atoms with Crippen LogP contribution in [0.25, 0.3) is 0 Å². The minimum Gasteiger partial charge on any atom is -0.496 e. The molecule has 25 heavy (non-hydrogen) atoms. The number of para-hydroxylation sites is 1. The van der Waals surface area contributed by atoms with Gasteiger partial charge in [-0.2, -0.15) is 0 Å². The van der Waals surface area contributed by atoms with E-state index in [1.807, 2.05) is 12.1 Å². The zero-order valence-electron chi connectivity index (χ0n) is 15.2. The standard InChI is InChI=1S/C22H30N2O/c1-25-22-14-8-5-11-19(22)17-24-21(18-9-3-2-4-10-18)15-16-23-20-12-6-7-13-20/h2-5,8-11,14,20-21,23-24H,6-7,12-13,15-17H2,1H3/t21-/m0/s1. The molecule has 0 spiro atoms. The number of benzene rings is 2. The van der Waals surface area contributed by atoms with Gasteiger partial charge in [-0.25, -0.2) is 0 Å². The molecule has 2 aromatic rings. The van der Waals surface area contributed by atoms with Crippen LogP contribution < -0.4 is 15.4 Å². The topological polar surface area (TPSA) is 33.3 Å². The lowest BCUT2D eigenvalue weighted by molar-refractivity contribution is 0.401. The van der Waals surface area contributed by atoms with Gasteiger partial charge in [-0.05, 0) is 37.4 Å². The van der Waals surface area contributed by atoms with Crippen LogP contribution in [-0.2, 0) is 6.54 Å². The maximum atomic E-state index is 5.48. The molecular weight excluding hydrogens is 308 g/mol. The maximum absolute atomic E-state index is 5.48. The average molecular weight is 338 g/mol. The highest BCUT2D eigenvalue weighted by atomic mass is 16.5. The SMILES string of the molecule is COc1ccccc1CN[C@@H](CCNC1CCCC1)c1ccccc1. The van der Waals surface area contributed by atoms with Crippen LogP contribution in [0.4, 0.5) is 0 Å². The summed E-state index contributed by atoms with van der Waals surface area (Å²) in [7, 11) is 1.74. The lowest BCUT2D eigenvalue weighted by atomic mass is 10.0. The minimum absolute atomic E-state index is 0.347. The number of hydrogen-bond donors (Lipinski definition) is 2. The Balaban J connectivity index is 1.59. The summed E-state index contributed by atoms with van der Waals surface area (Å²) in [6, 6.07) is 20.1. The second kappa shape index (κ2) is 9.59. The van der Waals surface area contributed by atoms with Crippen molar-refractivity contribution in [3.8, 4) is 5.75 Å². The second-order valence-corrected chi connectivity index (χ2v) is 6.88. The summed E-state index contributed by atoms with van der Waals surface area (Å²) < 4.78 is 5.48. The summed E-state index contributed by atoms with van der Waals surface area (Å²) in [6.07, 6.45) is 6.53. The second-order valence-electron chi connectivity index (χ2n) is 6.88. The number of nitrogens with one attached hydrogen (secondary N) is 2. The van der Waals surface area contributed by atoms with E-state index in [1.54, 1.807) is 7.11 Å². The Kier molecular flexibility index (Phi) is 6.89. The molecule has 0 amide bonds. The van der Waals surface area contributed by atoms with Crippen molar-refractivity contribution in [3.05, 3.63) is 65.7 Å². The van der Waals surface area contributed by atoms with Gasteiger partial charge in [0.1, 0.15) is 5.75 Å². The molecule has 3 rings (SSSR count). The number of ether oxygens (including phenoxy) is 1. The van der Waals surface area contributed by atoms with E-state index >= 15 is 0 Å². The smallest absolute Gasteiger partial charge is 0.123 e. The number of rotatable bonds is 9. The predicted molar refractivity (Wildman–Crippen MR) is 104 cm³/mol. The van der Waals surface area contributed by atoms with Crippen LogP contribution in [0.2, 0.25) is 0 Å². The van der Waals surface area contributed by atoms with Gasteiger partial charge in [0.15, 0.2) is 0 Å². The highest BCUT2D eigenvalue weighted by molar-refractivity contribution is 5.33. The van der Waals surface area contributed by atoms with Crippen LogP contribution in [0.1, 0.15) is 49.3 Å². The molecule has 2 N–H and O–H groups in total. The van der Waals surface area contributed by atoms with Crippen molar-refractivity contribution in [2.24, 2.45) is 0 Å². The van der Waals surface area contributed by atoms with Gasteiger partial charge in [-0.3, -0.25) is 0 Å². The quantitative estimate of drug-likeness (QED) is 0.709. The Labute approximate surface area is 151 Å². The van der Waals surface area contributed by atoms with Crippen molar-refractivity contribution in [1.82, 2.24) is 10.6 Å². The molecule has 1 saturated carbocycles. The molecule has 1 aliphatic carbocycles. The van der Waals surface area contributed by atoms with Gasteiger partial charge in [-0.15, -0.1) is 0 Å². The Bertz CT molecular complexity index is 623. The molecule has 0 radical (unpaired) electrons. The van der Waals surface area contributed by atoms with Gasteiger partial charge in [0, 0.05) is 24.2 Å². The largest absolute Gasteiger partial charge is 0.496 e. The van der Waals surface area contributed by atoms with E-state index in [2.05, 4.69) is 53.1 Å². The first-order valence-electron chi connectivity index (χ1n) is 9.50. The molecule has 1 aliphatic rings.